The summed E-state index contributed by atoms with van der Waals surface area (Å²) in [5, 5.41) is 2.21. The number of benzene rings is 2. The first-order valence-corrected chi connectivity index (χ1v) is 11.0. The molecule has 0 bridgehead atoms. The van der Waals surface area contributed by atoms with Gasteiger partial charge in [0.05, 0.1) is 21.2 Å². The molecular weight excluding hydrogens is 572 g/mol. The van der Waals surface area contributed by atoms with E-state index in [-0.39, 0.29) is 5.57 Å². The number of rotatable bonds is 5. The van der Waals surface area contributed by atoms with E-state index in [1.165, 1.54) is 6.08 Å². The molecule has 150 valence electrons. The van der Waals surface area contributed by atoms with E-state index < -0.39 is 17.8 Å². The fourth-order valence-corrected chi connectivity index (χ4v) is 4.37. The van der Waals surface area contributed by atoms with E-state index in [1.54, 1.807) is 36.4 Å². The molecule has 1 N–H and O–H groups in total. The van der Waals surface area contributed by atoms with Crippen LogP contribution in [0.5, 0.6) is 5.75 Å². The maximum atomic E-state index is 12.9. The number of hydrogen-bond donors (Lipinski definition) is 1. The maximum Gasteiger partial charge on any atom is 0.335 e. The number of carbonyl (C=O) groups excluding carboxylic acids is 3. The lowest BCUT2D eigenvalue weighted by Crippen LogP contribution is -2.54. The molecule has 2 aromatic carbocycles. The highest BCUT2D eigenvalue weighted by molar-refractivity contribution is 9.11. The van der Waals surface area contributed by atoms with Crippen molar-refractivity contribution in [3.63, 3.8) is 0 Å². The zero-order valence-electron chi connectivity index (χ0n) is 15.2. The summed E-state index contributed by atoms with van der Waals surface area (Å²) in [6.07, 6.45) is 2.30. The van der Waals surface area contributed by atoms with Crippen LogP contribution < -0.4 is 15.0 Å². The van der Waals surface area contributed by atoms with Gasteiger partial charge in [-0.3, -0.25) is 14.9 Å². The number of urea groups is 1. The molecule has 1 fully saturated rings. The Morgan fingerprint density at radius 1 is 1.03 bits per heavy atom. The summed E-state index contributed by atoms with van der Waals surface area (Å²) in [4.78, 5) is 38.4. The number of halogens is 3. The predicted octanol–water partition coefficient (Wildman–Crippen LogP) is 5.43. The zero-order chi connectivity index (χ0) is 21.1. The minimum Gasteiger partial charge on any atom is -0.491 e. The molecule has 3 rings (SSSR count). The first-order valence-electron chi connectivity index (χ1n) is 8.60. The maximum absolute atomic E-state index is 12.9. The Labute approximate surface area is 192 Å². The number of nitrogens with zero attached hydrogens (tertiary/aromatic N) is 1. The predicted molar refractivity (Wildman–Crippen MR) is 121 cm³/mol. The highest BCUT2D eigenvalue weighted by atomic mass is 79.9. The second kappa shape index (κ2) is 9.23. The van der Waals surface area contributed by atoms with Gasteiger partial charge in [0.1, 0.15) is 11.3 Å². The van der Waals surface area contributed by atoms with Crippen LogP contribution in [-0.4, -0.2) is 24.5 Å². The average Bonchev–Trinajstić information content (AvgIpc) is 2.66. The van der Waals surface area contributed by atoms with Gasteiger partial charge in [-0.05, 0) is 86.3 Å². The van der Waals surface area contributed by atoms with Crippen molar-refractivity contribution < 1.29 is 19.1 Å². The minimum atomic E-state index is -0.787. The summed E-state index contributed by atoms with van der Waals surface area (Å²) in [6, 6.07) is 9.33. The van der Waals surface area contributed by atoms with E-state index in [2.05, 4.69) is 53.1 Å². The Bertz CT molecular complexity index is 996. The van der Waals surface area contributed by atoms with Crippen LogP contribution in [0, 0.1) is 0 Å². The van der Waals surface area contributed by atoms with Crippen LogP contribution in [0.25, 0.3) is 6.08 Å². The average molecular weight is 587 g/mol. The molecule has 0 atom stereocenters. The highest BCUT2D eigenvalue weighted by Gasteiger charge is 2.36. The normalized spacial score (nSPS) is 15.7. The third-order valence-corrected chi connectivity index (χ3v) is 5.68. The Kier molecular flexibility index (Phi) is 6.92. The molecule has 6 nitrogen and oxygen atoms in total. The van der Waals surface area contributed by atoms with Crippen molar-refractivity contribution in [3.05, 3.63) is 61.0 Å². The SMILES string of the molecule is CCCOc1c(Br)cc(/C=C2\C(=O)NC(=O)N(c3ccc(Br)cc3)C2=O)cc1Br. The number of anilines is 1. The van der Waals surface area contributed by atoms with Gasteiger partial charge in [0.25, 0.3) is 11.8 Å². The van der Waals surface area contributed by atoms with Crippen molar-refractivity contribution in [3.8, 4) is 5.75 Å². The van der Waals surface area contributed by atoms with E-state index in [4.69, 9.17) is 4.74 Å². The molecule has 4 amide bonds. The molecule has 0 spiro atoms. The molecule has 0 saturated carbocycles. The molecule has 1 saturated heterocycles. The van der Waals surface area contributed by atoms with Crippen molar-refractivity contribution in [1.82, 2.24) is 5.32 Å². The standard InChI is InChI=1S/C20H15Br3N2O4/c1-2-7-29-17-15(22)9-11(10-16(17)23)8-14-18(26)24-20(28)25(19(14)27)13-5-3-12(21)4-6-13/h3-6,8-10H,2,7H2,1H3,(H,24,26,28)/b14-8+. The van der Waals surface area contributed by atoms with Crippen molar-refractivity contribution in [2.45, 2.75) is 13.3 Å². The first-order chi connectivity index (χ1) is 13.8. The van der Waals surface area contributed by atoms with Crippen LogP contribution in [0.4, 0.5) is 10.5 Å². The Morgan fingerprint density at radius 3 is 2.24 bits per heavy atom. The molecule has 0 aromatic heterocycles. The van der Waals surface area contributed by atoms with Crippen molar-refractivity contribution in [1.29, 1.82) is 0 Å². The van der Waals surface area contributed by atoms with Gasteiger partial charge in [0, 0.05) is 4.47 Å². The molecule has 0 aliphatic carbocycles. The summed E-state index contributed by atoms with van der Waals surface area (Å²) in [6.45, 7) is 2.56. The smallest absolute Gasteiger partial charge is 0.335 e. The summed E-state index contributed by atoms with van der Waals surface area (Å²) < 4.78 is 7.84. The van der Waals surface area contributed by atoms with E-state index in [9.17, 15) is 14.4 Å². The quantitative estimate of drug-likeness (QED) is 0.375. The van der Waals surface area contributed by atoms with Crippen molar-refractivity contribution in [2.24, 2.45) is 0 Å². The van der Waals surface area contributed by atoms with E-state index in [1.807, 2.05) is 6.92 Å². The number of imide groups is 2. The molecule has 29 heavy (non-hydrogen) atoms. The monoisotopic (exact) mass is 584 g/mol. The van der Waals surface area contributed by atoms with Gasteiger partial charge < -0.3 is 4.74 Å². The highest BCUT2D eigenvalue weighted by Crippen LogP contribution is 2.36. The molecule has 1 aliphatic rings. The second-order valence-corrected chi connectivity index (χ2v) is 8.72. The summed E-state index contributed by atoms with van der Waals surface area (Å²) in [5.41, 5.74) is 0.810. The fourth-order valence-electron chi connectivity index (χ4n) is 2.65. The largest absolute Gasteiger partial charge is 0.491 e. The first kappa shape index (κ1) is 21.7. The van der Waals surface area contributed by atoms with Gasteiger partial charge in [0.2, 0.25) is 0 Å². The van der Waals surface area contributed by atoms with Crippen LogP contribution in [0.2, 0.25) is 0 Å². The molecule has 9 heteroatoms. The van der Waals surface area contributed by atoms with Gasteiger partial charge >= 0.3 is 6.03 Å². The summed E-state index contributed by atoms with van der Waals surface area (Å²) in [5.74, 6) is -0.799. The summed E-state index contributed by atoms with van der Waals surface area (Å²) in [7, 11) is 0. The van der Waals surface area contributed by atoms with E-state index >= 15 is 0 Å². The number of hydrogen-bond acceptors (Lipinski definition) is 4. The Morgan fingerprint density at radius 2 is 1.66 bits per heavy atom. The number of ether oxygens (including phenoxy) is 1. The van der Waals surface area contributed by atoms with Gasteiger partial charge in [-0.25, -0.2) is 9.69 Å². The lowest BCUT2D eigenvalue weighted by atomic mass is 10.1. The number of amides is 4. The third-order valence-electron chi connectivity index (χ3n) is 3.97. The Hall–Kier alpha value is -1.97. The van der Waals surface area contributed by atoms with E-state index in [0.717, 1.165) is 15.8 Å². The number of barbiturate groups is 1. The minimum absolute atomic E-state index is 0.145. The van der Waals surface area contributed by atoms with Crippen LogP contribution in [0.15, 0.2) is 55.4 Å². The molecule has 0 radical (unpaired) electrons. The van der Waals surface area contributed by atoms with Gasteiger partial charge in [-0.2, -0.15) is 0 Å². The van der Waals surface area contributed by atoms with Crippen molar-refractivity contribution in [2.75, 3.05) is 11.5 Å². The van der Waals surface area contributed by atoms with Gasteiger partial charge in [0.15, 0.2) is 0 Å². The summed E-state index contributed by atoms with van der Waals surface area (Å²) >= 11 is 10.2. The topological polar surface area (TPSA) is 75.7 Å². The number of carbonyl (C=O) groups is 3. The molecule has 2 aromatic rings. The van der Waals surface area contributed by atoms with Gasteiger partial charge in [-0.1, -0.05) is 22.9 Å². The van der Waals surface area contributed by atoms with E-state index in [0.29, 0.717) is 32.6 Å². The van der Waals surface area contributed by atoms with Crippen LogP contribution in [0.1, 0.15) is 18.9 Å². The zero-order valence-corrected chi connectivity index (χ0v) is 19.9. The lowest BCUT2D eigenvalue weighted by Gasteiger charge is -2.26. The fraction of sp³-hybridized carbons (Fsp3) is 0.150. The Balaban J connectivity index is 1.97. The van der Waals surface area contributed by atoms with Gasteiger partial charge in [-0.15, -0.1) is 0 Å². The second-order valence-electron chi connectivity index (χ2n) is 6.10. The van der Waals surface area contributed by atoms with Crippen LogP contribution >= 0.6 is 47.8 Å². The molecule has 1 heterocycles. The molecule has 0 unspecified atom stereocenters. The van der Waals surface area contributed by atoms with Crippen molar-refractivity contribution >= 4 is 77.4 Å². The van der Waals surface area contributed by atoms with Crippen LogP contribution in [0.3, 0.4) is 0 Å². The molecular formula is C20H15Br3N2O4. The third kappa shape index (κ3) is 4.79. The lowest BCUT2D eigenvalue weighted by molar-refractivity contribution is -0.122. The number of nitrogens with one attached hydrogen (secondary N) is 1. The molecule has 1 aliphatic heterocycles. The van der Waals surface area contributed by atoms with Crippen LogP contribution in [-0.2, 0) is 9.59 Å².